The molecule has 6 nitrogen and oxygen atoms in total. The summed E-state index contributed by atoms with van der Waals surface area (Å²) in [6.07, 6.45) is 0.555. The van der Waals surface area contributed by atoms with Gasteiger partial charge >= 0.3 is 0 Å². The highest BCUT2D eigenvalue weighted by Gasteiger charge is 2.60. The molecule has 4 rings (SSSR count). The maximum atomic E-state index is 13.3. The van der Waals surface area contributed by atoms with E-state index in [1.807, 2.05) is 0 Å². The Bertz CT molecular complexity index is 960. The van der Waals surface area contributed by atoms with Gasteiger partial charge in [0.2, 0.25) is 11.8 Å². The number of benzene rings is 2. The second-order valence-corrected chi connectivity index (χ2v) is 8.39. The highest BCUT2D eigenvalue weighted by Crippen LogP contribution is 2.48. The van der Waals surface area contributed by atoms with Crippen LogP contribution >= 0.6 is 11.6 Å². The van der Waals surface area contributed by atoms with Gasteiger partial charge in [0.25, 0.3) is 0 Å². The molecule has 0 bridgehead atoms. The topological polar surface area (TPSA) is 79.5 Å². The van der Waals surface area contributed by atoms with Crippen molar-refractivity contribution in [2.45, 2.75) is 31.8 Å². The van der Waals surface area contributed by atoms with E-state index < -0.39 is 11.5 Å². The zero-order valence-electron chi connectivity index (χ0n) is 16.6. The molecule has 152 valence electrons. The van der Waals surface area contributed by atoms with Crippen molar-refractivity contribution in [2.75, 3.05) is 17.7 Å². The molecule has 0 aliphatic carbocycles. The van der Waals surface area contributed by atoms with Crippen LogP contribution in [0.1, 0.15) is 25.8 Å². The summed E-state index contributed by atoms with van der Waals surface area (Å²) in [5, 5.41) is 9.90. The number of halogens is 1. The highest BCUT2D eigenvalue weighted by atomic mass is 35.5. The number of rotatable bonds is 4. The average Bonchev–Trinajstić information content (AvgIpc) is 3.23. The Balaban J connectivity index is 1.71. The summed E-state index contributed by atoms with van der Waals surface area (Å²) in [5.41, 5.74) is 0.946. The van der Waals surface area contributed by atoms with Crippen LogP contribution in [0.5, 0.6) is 5.75 Å². The van der Waals surface area contributed by atoms with Crippen molar-refractivity contribution in [1.29, 1.82) is 0 Å². The lowest BCUT2D eigenvalue weighted by atomic mass is 9.79. The predicted molar refractivity (Wildman–Crippen MR) is 113 cm³/mol. The van der Waals surface area contributed by atoms with Gasteiger partial charge in [-0.25, -0.2) is 0 Å². The summed E-state index contributed by atoms with van der Waals surface area (Å²) in [6, 6.07) is 12.5. The number of anilines is 2. The van der Waals surface area contributed by atoms with E-state index in [4.69, 9.17) is 16.3 Å². The summed E-state index contributed by atoms with van der Waals surface area (Å²) < 4.78 is 5.17. The number of ether oxygens (including phenoxy) is 1. The molecule has 0 aromatic heterocycles. The van der Waals surface area contributed by atoms with Gasteiger partial charge in [0.05, 0.1) is 13.0 Å². The molecule has 2 aromatic rings. The van der Waals surface area contributed by atoms with E-state index in [0.29, 0.717) is 28.6 Å². The minimum atomic E-state index is -1.13. The third-order valence-electron chi connectivity index (χ3n) is 5.92. The summed E-state index contributed by atoms with van der Waals surface area (Å²) in [6.45, 7) is 4.17. The number of methoxy groups -OCH3 is 1. The fourth-order valence-electron chi connectivity index (χ4n) is 4.31. The van der Waals surface area contributed by atoms with Crippen LogP contribution in [0.4, 0.5) is 11.4 Å². The van der Waals surface area contributed by atoms with E-state index in [-0.39, 0.29) is 23.8 Å². The molecule has 1 saturated heterocycles. The Morgan fingerprint density at radius 3 is 2.62 bits per heavy atom. The molecule has 7 heteroatoms. The van der Waals surface area contributed by atoms with Crippen LogP contribution in [0.3, 0.4) is 0 Å². The maximum absolute atomic E-state index is 13.3. The largest absolute Gasteiger partial charge is 0.497 e. The Labute approximate surface area is 175 Å². The summed E-state index contributed by atoms with van der Waals surface area (Å²) in [7, 11) is 1.59. The molecule has 0 radical (unpaired) electrons. The lowest BCUT2D eigenvalue weighted by Gasteiger charge is -2.29. The van der Waals surface area contributed by atoms with E-state index in [2.05, 4.69) is 29.8 Å². The van der Waals surface area contributed by atoms with Crippen LogP contribution in [0.15, 0.2) is 42.5 Å². The minimum absolute atomic E-state index is 0.0253. The molecule has 3 atom stereocenters. The molecule has 2 amide bonds. The van der Waals surface area contributed by atoms with Gasteiger partial charge in [-0.05, 0) is 54.8 Å². The second kappa shape index (κ2) is 7.35. The second-order valence-electron chi connectivity index (χ2n) is 7.95. The van der Waals surface area contributed by atoms with Gasteiger partial charge in [-0.2, -0.15) is 0 Å². The quantitative estimate of drug-likeness (QED) is 0.712. The van der Waals surface area contributed by atoms with Crippen molar-refractivity contribution in [3.8, 4) is 5.75 Å². The molecular formula is C22H24ClN3O3. The number of amides is 2. The van der Waals surface area contributed by atoms with Gasteiger partial charge in [-0.15, -0.1) is 0 Å². The van der Waals surface area contributed by atoms with Crippen molar-refractivity contribution in [2.24, 2.45) is 11.8 Å². The van der Waals surface area contributed by atoms with Crippen molar-refractivity contribution in [1.82, 2.24) is 5.32 Å². The molecule has 2 aliphatic heterocycles. The summed E-state index contributed by atoms with van der Waals surface area (Å²) >= 11 is 6.24. The molecule has 3 N–H and O–H groups in total. The highest BCUT2D eigenvalue weighted by molar-refractivity contribution is 6.31. The Morgan fingerprint density at radius 1 is 1.24 bits per heavy atom. The fourth-order valence-corrected chi connectivity index (χ4v) is 4.49. The number of nitrogens with one attached hydrogen (secondary N) is 3. The Hall–Kier alpha value is -2.57. The van der Waals surface area contributed by atoms with Gasteiger partial charge in [0.1, 0.15) is 11.3 Å². The van der Waals surface area contributed by atoms with E-state index in [0.717, 1.165) is 5.56 Å². The minimum Gasteiger partial charge on any atom is -0.497 e. The fraction of sp³-hybridized carbons (Fsp3) is 0.364. The monoisotopic (exact) mass is 413 g/mol. The Kier molecular flexibility index (Phi) is 5.00. The van der Waals surface area contributed by atoms with Crippen LogP contribution < -0.4 is 20.7 Å². The summed E-state index contributed by atoms with van der Waals surface area (Å²) in [5.74, 6) is -0.0133. The Morgan fingerprint density at radius 2 is 1.97 bits per heavy atom. The number of fused-ring (bicyclic) bond motifs is 2. The van der Waals surface area contributed by atoms with Gasteiger partial charge < -0.3 is 15.4 Å². The van der Waals surface area contributed by atoms with Crippen LogP contribution in [-0.4, -0.2) is 25.0 Å². The first-order valence-corrected chi connectivity index (χ1v) is 10.1. The number of hydrogen-bond acceptors (Lipinski definition) is 4. The number of hydrogen-bond donors (Lipinski definition) is 3. The average molecular weight is 414 g/mol. The molecule has 2 aliphatic rings. The zero-order valence-corrected chi connectivity index (χ0v) is 17.3. The van der Waals surface area contributed by atoms with E-state index in [1.165, 1.54) is 0 Å². The van der Waals surface area contributed by atoms with Crippen molar-refractivity contribution >= 4 is 34.8 Å². The molecule has 0 saturated carbocycles. The molecule has 2 heterocycles. The molecule has 1 spiro atoms. The first-order chi connectivity index (χ1) is 13.8. The number of carbonyl (C=O) groups excluding carboxylic acids is 2. The zero-order chi connectivity index (χ0) is 20.8. The lowest BCUT2D eigenvalue weighted by molar-refractivity contribution is -0.130. The van der Waals surface area contributed by atoms with Gasteiger partial charge in [0.15, 0.2) is 0 Å². The number of carbonyl (C=O) groups is 2. The molecule has 29 heavy (non-hydrogen) atoms. The van der Waals surface area contributed by atoms with Crippen LogP contribution in [0, 0.1) is 11.8 Å². The van der Waals surface area contributed by atoms with E-state index in [9.17, 15) is 9.59 Å². The maximum Gasteiger partial charge on any atom is 0.250 e. The van der Waals surface area contributed by atoms with Gasteiger partial charge in [0, 0.05) is 28.0 Å². The van der Waals surface area contributed by atoms with Crippen molar-refractivity contribution in [3.05, 3.63) is 53.1 Å². The van der Waals surface area contributed by atoms with Gasteiger partial charge in [-0.1, -0.05) is 25.4 Å². The molecular weight excluding hydrogens is 390 g/mol. The van der Waals surface area contributed by atoms with E-state index in [1.54, 1.807) is 49.6 Å². The normalized spacial score (nSPS) is 25.2. The van der Waals surface area contributed by atoms with Crippen LogP contribution in [-0.2, 0) is 15.1 Å². The van der Waals surface area contributed by atoms with Crippen LogP contribution in [0.2, 0.25) is 5.02 Å². The standard InChI is InChI=1S/C22H24ClN3O3/c1-12(2)19-11-17(20(27)24-14-5-7-15(29-3)8-6-14)22(26-19)16-10-13(23)4-9-18(16)25-21(22)28/h4-10,12,17,19,26H,11H2,1-3H3,(H,24,27)(H,25,28)/t17-,19-,22+/m0/s1. The third kappa shape index (κ3) is 3.26. The third-order valence-corrected chi connectivity index (χ3v) is 6.15. The van der Waals surface area contributed by atoms with E-state index >= 15 is 0 Å². The molecule has 2 aromatic carbocycles. The van der Waals surface area contributed by atoms with Crippen molar-refractivity contribution < 1.29 is 14.3 Å². The van der Waals surface area contributed by atoms with Crippen LogP contribution in [0.25, 0.3) is 0 Å². The SMILES string of the molecule is COc1ccc(NC(=O)[C@@H]2C[C@@H](C(C)C)N[C@@]23C(=O)Nc2ccc(Cl)cc23)cc1. The molecule has 1 fully saturated rings. The van der Waals surface area contributed by atoms with Gasteiger partial charge in [-0.3, -0.25) is 14.9 Å². The predicted octanol–water partition coefficient (Wildman–Crippen LogP) is 3.77. The first kappa shape index (κ1) is 19.7. The summed E-state index contributed by atoms with van der Waals surface area (Å²) in [4.78, 5) is 26.5. The lowest BCUT2D eigenvalue weighted by Crippen LogP contribution is -2.52. The smallest absolute Gasteiger partial charge is 0.250 e. The molecule has 0 unspecified atom stereocenters. The first-order valence-electron chi connectivity index (χ1n) is 9.69. The van der Waals surface area contributed by atoms with Crippen molar-refractivity contribution in [3.63, 3.8) is 0 Å².